The summed E-state index contributed by atoms with van der Waals surface area (Å²) in [5.41, 5.74) is -0.0348. The molecule has 0 aliphatic carbocycles. The van der Waals surface area contributed by atoms with Crippen LogP contribution in [0, 0.1) is 12.0 Å². The van der Waals surface area contributed by atoms with E-state index in [-0.39, 0.29) is 23.1 Å². The SMILES string of the molecule is CCC(C)C#[N+]S(=O)(=O)c1cc(C(=O)OC)n(CCF)c1. The molecule has 0 aliphatic rings. The monoisotopic (exact) mass is 317 g/mol. The highest BCUT2D eigenvalue weighted by Crippen LogP contribution is 2.18. The molecule has 0 amide bonds. The van der Waals surface area contributed by atoms with E-state index in [2.05, 4.69) is 15.1 Å². The standard InChI is InChI=1S/C13H18FN2O4S/c1-4-10(2)8-15-21(18,19)11-7-12(13(17)20-3)16(9-11)6-5-14/h7,9-10H,4-6H2,1-3H3/q+1. The van der Waals surface area contributed by atoms with E-state index in [0.29, 0.717) is 6.42 Å². The van der Waals surface area contributed by atoms with Gasteiger partial charge in [0.2, 0.25) is 0 Å². The van der Waals surface area contributed by atoms with Gasteiger partial charge in [-0.1, -0.05) is 6.92 Å². The number of methoxy groups -OCH3 is 1. The highest BCUT2D eigenvalue weighted by molar-refractivity contribution is 7.93. The van der Waals surface area contributed by atoms with Crippen molar-refractivity contribution in [1.29, 1.82) is 0 Å². The summed E-state index contributed by atoms with van der Waals surface area (Å²) in [4.78, 5) is 11.4. The molecule has 0 aromatic carbocycles. The lowest BCUT2D eigenvalue weighted by Gasteiger charge is -2.03. The van der Waals surface area contributed by atoms with Gasteiger partial charge in [0.15, 0.2) is 4.90 Å². The predicted octanol–water partition coefficient (Wildman–Crippen LogP) is 2.31. The van der Waals surface area contributed by atoms with E-state index >= 15 is 0 Å². The van der Waals surface area contributed by atoms with Crippen molar-refractivity contribution >= 4 is 16.0 Å². The number of aryl methyl sites for hydroxylation is 1. The Hall–Kier alpha value is -1.88. The number of nitrogens with zero attached hydrogens (tertiary/aromatic N) is 2. The van der Waals surface area contributed by atoms with Gasteiger partial charge in [-0.2, -0.15) is 0 Å². The molecule has 0 saturated carbocycles. The molecule has 21 heavy (non-hydrogen) atoms. The number of carbonyl (C=O) groups excluding carboxylic acids is 1. The van der Waals surface area contributed by atoms with Crippen molar-refractivity contribution in [1.82, 2.24) is 4.57 Å². The van der Waals surface area contributed by atoms with Crippen molar-refractivity contribution in [3.8, 4) is 6.07 Å². The zero-order chi connectivity index (χ0) is 16.0. The lowest BCUT2D eigenvalue weighted by Crippen LogP contribution is -2.10. The Morgan fingerprint density at radius 3 is 2.76 bits per heavy atom. The lowest BCUT2D eigenvalue weighted by atomic mass is 10.2. The zero-order valence-electron chi connectivity index (χ0n) is 12.2. The van der Waals surface area contributed by atoms with Crippen molar-refractivity contribution in [2.45, 2.75) is 31.7 Å². The summed E-state index contributed by atoms with van der Waals surface area (Å²) in [5.74, 6) is -0.840. The molecular formula is C13H18FN2O4S+. The lowest BCUT2D eigenvalue weighted by molar-refractivity contribution is 0.0588. The van der Waals surface area contributed by atoms with E-state index in [1.807, 2.05) is 6.92 Å². The molecule has 1 rings (SSSR count). The van der Waals surface area contributed by atoms with E-state index in [9.17, 15) is 17.6 Å². The first-order valence-corrected chi connectivity index (χ1v) is 7.86. The first kappa shape index (κ1) is 17.2. The average Bonchev–Trinajstić information content (AvgIpc) is 2.89. The summed E-state index contributed by atoms with van der Waals surface area (Å²) in [6, 6.07) is 3.64. The number of sulfonamides is 1. The fourth-order valence-electron chi connectivity index (χ4n) is 1.48. The van der Waals surface area contributed by atoms with Crippen LogP contribution in [0.25, 0.3) is 4.25 Å². The Morgan fingerprint density at radius 1 is 1.57 bits per heavy atom. The first-order chi connectivity index (χ1) is 9.85. The number of rotatable bonds is 5. The molecule has 1 aromatic rings. The number of carbonyl (C=O) groups is 1. The van der Waals surface area contributed by atoms with E-state index in [4.69, 9.17) is 0 Å². The van der Waals surface area contributed by atoms with Crippen LogP contribution in [-0.2, 0) is 21.3 Å². The maximum atomic E-state index is 12.5. The van der Waals surface area contributed by atoms with Crippen LogP contribution < -0.4 is 0 Å². The van der Waals surface area contributed by atoms with E-state index in [0.717, 1.165) is 13.2 Å². The maximum Gasteiger partial charge on any atom is 0.511 e. The second-order valence-electron chi connectivity index (χ2n) is 4.44. The second kappa shape index (κ2) is 7.22. The maximum absolute atomic E-state index is 12.5. The van der Waals surface area contributed by atoms with Crippen molar-refractivity contribution in [2.24, 2.45) is 5.92 Å². The molecule has 1 atom stereocenters. The van der Waals surface area contributed by atoms with Gasteiger partial charge in [0.1, 0.15) is 12.4 Å². The Bertz CT molecular complexity index is 670. The van der Waals surface area contributed by atoms with Gasteiger partial charge in [-0.05, 0) is 19.4 Å². The second-order valence-corrected chi connectivity index (χ2v) is 6.04. The molecule has 1 heterocycles. The van der Waals surface area contributed by atoms with Gasteiger partial charge in [0.05, 0.1) is 23.8 Å². The fourth-order valence-corrected chi connectivity index (χ4v) is 2.42. The van der Waals surface area contributed by atoms with Crippen LogP contribution in [0.2, 0.25) is 0 Å². The molecule has 116 valence electrons. The summed E-state index contributed by atoms with van der Waals surface area (Å²) in [6.45, 7) is 2.79. The Labute approximate surface area is 123 Å². The van der Waals surface area contributed by atoms with Gasteiger partial charge < -0.3 is 9.30 Å². The summed E-state index contributed by atoms with van der Waals surface area (Å²) < 4.78 is 45.8. The van der Waals surface area contributed by atoms with Crippen LogP contribution in [0.15, 0.2) is 17.2 Å². The number of alkyl halides is 1. The number of hydrogen-bond donors (Lipinski definition) is 0. The van der Waals surface area contributed by atoms with Crippen molar-refractivity contribution < 1.29 is 22.3 Å². The van der Waals surface area contributed by atoms with Crippen LogP contribution in [0.1, 0.15) is 30.8 Å². The molecule has 0 N–H and O–H groups in total. The van der Waals surface area contributed by atoms with E-state index < -0.39 is 22.7 Å². The zero-order valence-corrected chi connectivity index (χ0v) is 13.0. The molecule has 1 unspecified atom stereocenters. The van der Waals surface area contributed by atoms with Crippen LogP contribution in [-0.4, -0.2) is 32.7 Å². The molecule has 0 spiro atoms. The third-order valence-corrected chi connectivity index (χ3v) is 4.06. The first-order valence-electron chi connectivity index (χ1n) is 6.42. The average molecular weight is 317 g/mol. The normalized spacial score (nSPS) is 12.4. The summed E-state index contributed by atoms with van der Waals surface area (Å²) in [5, 5.41) is 0. The van der Waals surface area contributed by atoms with Gasteiger partial charge in [0, 0.05) is 6.20 Å². The number of aromatic nitrogens is 1. The molecule has 1 aromatic heterocycles. The molecule has 0 fully saturated rings. The van der Waals surface area contributed by atoms with Crippen LogP contribution in [0.3, 0.4) is 0 Å². The summed E-state index contributed by atoms with van der Waals surface area (Å²) >= 11 is 0. The van der Waals surface area contributed by atoms with Crippen molar-refractivity contribution in [2.75, 3.05) is 13.8 Å². The summed E-state index contributed by atoms with van der Waals surface area (Å²) in [7, 11) is -2.80. The van der Waals surface area contributed by atoms with Crippen LogP contribution in [0.5, 0.6) is 0 Å². The van der Waals surface area contributed by atoms with E-state index in [1.165, 1.54) is 10.8 Å². The number of ether oxygens (including phenoxy) is 1. The molecule has 0 bridgehead atoms. The Kier molecular flexibility index (Phi) is 5.90. The molecule has 0 saturated heterocycles. The largest absolute Gasteiger partial charge is 0.511 e. The third-order valence-electron chi connectivity index (χ3n) is 2.89. The minimum Gasteiger partial charge on any atom is -0.464 e. The molecule has 8 heteroatoms. The third kappa shape index (κ3) is 4.29. The smallest absolute Gasteiger partial charge is 0.464 e. The van der Waals surface area contributed by atoms with Gasteiger partial charge in [-0.15, -0.1) is 8.42 Å². The quantitative estimate of drug-likeness (QED) is 0.781. The minimum absolute atomic E-state index is 0.0348. The molecule has 6 nitrogen and oxygen atoms in total. The predicted molar refractivity (Wildman–Crippen MR) is 75.6 cm³/mol. The Balaban J connectivity index is 3.24. The fraction of sp³-hybridized carbons (Fsp3) is 0.538. The van der Waals surface area contributed by atoms with Crippen LogP contribution >= 0.6 is 0 Å². The molecular weight excluding hydrogens is 299 g/mol. The van der Waals surface area contributed by atoms with Gasteiger partial charge in [0.25, 0.3) is 0 Å². The Morgan fingerprint density at radius 2 is 2.24 bits per heavy atom. The number of halogens is 1. The highest BCUT2D eigenvalue weighted by Gasteiger charge is 2.29. The molecule has 0 radical (unpaired) electrons. The van der Waals surface area contributed by atoms with Crippen molar-refractivity contribution in [3.05, 3.63) is 22.2 Å². The van der Waals surface area contributed by atoms with Gasteiger partial charge >= 0.3 is 22.1 Å². The topological polar surface area (TPSA) is 69.7 Å². The molecule has 0 aliphatic heterocycles. The van der Waals surface area contributed by atoms with Gasteiger partial charge in [-0.25, -0.2) is 9.18 Å². The van der Waals surface area contributed by atoms with Gasteiger partial charge in [-0.3, -0.25) is 0 Å². The van der Waals surface area contributed by atoms with Crippen molar-refractivity contribution in [3.63, 3.8) is 0 Å². The highest BCUT2D eigenvalue weighted by atomic mass is 32.2. The summed E-state index contributed by atoms with van der Waals surface area (Å²) in [6.07, 6.45) is 1.87. The minimum atomic E-state index is -3.96. The van der Waals surface area contributed by atoms with E-state index in [1.54, 1.807) is 6.92 Å². The number of hydrogen-bond acceptors (Lipinski definition) is 4. The van der Waals surface area contributed by atoms with Crippen LogP contribution in [0.4, 0.5) is 4.39 Å². The number of esters is 1.